The molecule has 2 aromatic rings. The van der Waals surface area contributed by atoms with Gasteiger partial charge in [0.2, 0.25) is 6.54 Å². The molecule has 21 heavy (non-hydrogen) atoms. The van der Waals surface area contributed by atoms with Gasteiger partial charge in [0.1, 0.15) is 0 Å². The third-order valence-electron chi connectivity index (χ3n) is 3.17. The largest absolute Gasteiger partial charge is 0.416 e. The second kappa shape index (κ2) is 5.95. The normalized spacial score (nSPS) is 12.9. The van der Waals surface area contributed by atoms with Crippen molar-refractivity contribution in [1.82, 2.24) is 0 Å². The lowest BCUT2D eigenvalue weighted by atomic mass is 9.91. The van der Waals surface area contributed by atoms with Gasteiger partial charge in [-0.1, -0.05) is 42.5 Å². The molecule has 0 heterocycles. The molecule has 0 saturated carbocycles. The monoisotopic (exact) mass is 295 g/mol. The maximum atomic E-state index is 12.5. The SMILES string of the molecule is O=[N+]([O-])CC(c1ccccc1)c1ccc(C(F)(F)F)cc1. The number of benzene rings is 2. The highest BCUT2D eigenvalue weighted by Gasteiger charge is 2.30. The molecule has 0 fully saturated rings. The van der Waals surface area contributed by atoms with Crippen molar-refractivity contribution in [3.63, 3.8) is 0 Å². The molecule has 0 aliphatic heterocycles. The van der Waals surface area contributed by atoms with E-state index in [9.17, 15) is 23.3 Å². The fourth-order valence-electron chi connectivity index (χ4n) is 2.14. The quantitative estimate of drug-likeness (QED) is 0.629. The van der Waals surface area contributed by atoms with Crippen LogP contribution in [0.1, 0.15) is 22.6 Å². The molecule has 0 amide bonds. The highest BCUT2D eigenvalue weighted by Crippen LogP contribution is 2.31. The minimum atomic E-state index is -4.41. The maximum Gasteiger partial charge on any atom is 0.416 e. The Kier molecular flexibility index (Phi) is 4.26. The van der Waals surface area contributed by atoms with Crippen LogP contribution in [0.2, 0.25) is 0 Å². The second-order valence-electron chi connectivity index (χ2n) is 4.60. The van der Waals surface area contributed by atoms with E-state index >= 15 is 0 Å². The Morgan fingerprint density at radius 3 is 1.95 bits per heavy atom. The van der Waals surface area contributed by atoms with E-state index < -0.39 is 22.6 Å². The van der Waals surface area contributed by atoms with Gasteiger partial charge < -0.3 is 0 Å². The van der Waals surface area contributed by atoms with Gasteiger partial charge >= 0.3 is 6.18 Å². The van der Waals surface area contributed by atoms with E-state index in [4.69, 9.17) is 0 Å². The van der Waals surface area contributed by atoms with Crippen LogP contribution >= 0.6 is 0 Å². The molecule has 3 nitrogen and oxygen atoms in total. The molecule has 0 aliphatic rings. The second-order valence-corrected chi connectivity index (χ2v) is 4.60. The molecule has 6 heteroatoms. The van der Waals surface area contributed by atoms with Crippen LogP contribution in [-0.2, 0) is 6.18 Å². The topological polar surface area (TPSA) is 43.1 Å². The first-order valence-electron chi connectivity index (χ1n) is 6.22. The molecule has 2 rings (SSSR count). The van der Waals surface area contributed by atoms with Crippen LogP contribution in [-0.4, -0.2) is 11.5 Å². The number of hydrogen-bond acceptors (Lipinski definition) is 2. The lowest BCUT2D eigenvalue weighted by molar-refractivity contribution is -0.481. The highest BCUT2D eigenvalue weighted by atomic mass is 19.4. The minimum Gasteiger partial charge on any atom is -0.265 e. The van der Waals surface area contributed by atoms with Crippen molar-refractivity contribution < 1.29 is 18.1 Å². The van der Waals surface area contributed by atoms with Crippen LogP contribution in [0.5, 0.6) is 0 Å². The van der Waals surface area contributed by atoms with Gasteiger partial charge in [-0.05, 0) is 23.3 Å². The van der Waals surface area contributed by atoms with E-state index in [0.29, 0.717) is 11.1 Å². The lowest BCUT2D eigenvalue weighted by Crippen LogP contribution is -2.14. The molecule has 1 unspecified atom stereocenters. The van der Waals surface area contributed by atoms with E-state index in [2.05, 4.69) is 0 Å². The van der Waals surface area contributed by atoms with Gasteiger partial charge in [-0.15, -0.1) is 0 Å². The average Bonchev–Trinajstić information content (AvgIpc) is 2.45. The Bertz CT molecular complexity index is 609. The summed E-state index contributed by atoms with van der Waals surface area (Å²) < 4.78 is 37.6. The van der Waals surface area contributed by atoms with Gasteiger partial charge in [0.15, 0.2) is 0 Å². The molecular weight excluding hydrogens is 283 g/mol. The smallest absolute Gasteiger partial charge is 0.265 e. The summed E-state index contributed by atoms with van der Waals surface area (Å²) in [4.78, 5) is 10.3. The van der Waals surface area contributed by atoms with Gasteiger partial charge in [-0.25, -0.2) is 0 Å². The van der Waals surface area contributed by atoms with Gasteiger partial charge in [0.05, 0.1) is 11.5 Å². The Balaban J connectivity index is 2.36. The average molecular weight is 295 g/mol. The van der Waals surface area contributed by atoms with Gasteiger partial charge in [0, 0.05) is 4.92 Å². The Morgan fingerprint density at radius 1 is 0.952 bits per heavy atom. The van der Waals surface area contributed by atoms with E-state index in [1.165, 1.54) is 12.1 Å². The van der Waals surface area contributed by atoms with Crippen LogP contribution in [0.15, 0.2) is 54.6 Å². The third kappa shape index (κ3) is 3.81. The molecular formula is C15H12F3NO2. The first-order chi connectivity index (χ1) is 9.88. The van der Waals surface area contributed by atoms with Crippen LogP contribution in [0, 0.1) is 10.1 Å². The summed E-state index contributed by atoms with van der Waals surface area (Å²) >= 11 is 0. The van der Waals surface area contributed by atoms with Crippen LogP contribution < -0.4 is 0 Å². The van der Waals surface area contributed by atoms with Crippen molar-refractivity contribution in [2.45, 2.75) is 12.1 Å². The number of nitrogens with zero attached hydrogens (tertiary/aromatic N) is 1. The van der Waals surface area contributed by atoms with Crippen molar-refractivity contribution in [3.05, 3.63) is 81.4 Å². The lowest BCUT2D eigenvalue weighted by Gasteiger charge is -2.15. The van der Waals surface area contributed by atoms with Crippen molar-refractivity contribution in [2.24, 2.45) is 0 Å². The van der Waals surface area contributed by atoms with Crippen LogP contribution in [0.3, 0.4) is 0 Å². The van der Waals surface area contributed by atoms with E-state index in [1.807, 2.05) is 0 Å². The molecule has 0 bridgehead atoms. The van der Waals surface area contributed by atoms with Crippen molar-refractivity contribution in [1.29, 1.82) is 0 Å². The molecule has 0 aromatic heterocycles. The number of nitro groups is 1. The van der Waals surface area contributed by atoms with E-state index in [0.717, 1.165) is 12.1 Å². The summed E-state index contributed by atoms with van der Waals surface area (Å²) in [5.74, 6) is -0.566. The van der Waals surface area contributed by atoms with Gasteiger partial charge in [0.25, 0.3) is 0 Å². The van der Waals surface area contributed by atoms with Crippen molar-refractivity contribution >= 4 is 0 Å². The number of alkyl halides is 3. The number of halogens is 3. The summed E-state index contributed by atoms with van der Waals surface area (Å²) in [7, 11) is 0. The molecule has 0 aliphatic carbocycles. The van der Waals surface area contributed by atoms with E-state index in [-0.39, 0.29) is 6.54 Å². The summed E-state index contributed by atoms with van der Waals surface area (Å²) in [6.07, 6.45) is -4.41. The fourth-order valence-corrected chi connectivity index (χ4v) is 2.14. The van der Waals surface area contributed by atoms with Crippen molar-refractivity contribution in [3.8, 4) is 0 Å². The first kappa shape index (κ1) is 15.0. The molecule has 110 valence electrons. The summed E-state index contributed by atoms with van der Waals surface area (Å²) in [5, 5.41) is 10.8. The molecule has 2 aromatic carbocycles. The minimum absolute atomic E-state index is 0.366. The summed E-state index contributed by atoms with van der Waals surface area (Å²) in [5.41, 5.74) is 0.430. The molecule has 0 N–H and O–H groups in total. The zero-order valence-electron chi connectivity index (χ0n) is 10.9. The van der Waals surface area contributed by atoms with Crippen molar-refractivity contribution in [2.75, 3.05) is 6.54 Å². The fraction of sp³-hybridized carbons (Fsp3) is 0.200. The van der Waals surface area contributed by atoms with Crippen LogP contribution in [0.4, 0.5) is 13.2 Å². The predicted octanol–water partition coefficient (Wildman–Crippen LogP) is 4.11. The van der Waals surface area contributed by atoms with Gasteiger partial charge in [-0.2, -0.15) is 13.2 Å². The highest BCUT2D eigenvalue weighted by molar-refractivity contribution is 5.34. The number of rotatable bonds is 4. The Labute approximate surface area is 119 Å². The molecule has 0 spiro atoms. The zero-order valence-corrected chi connectivity index (χ0v) is 10.9. The summed E-state index contributed by atoms with van der Waals surface area (Å²) in [6.45, 7) is -0.366. The number of hydrogen-bond donors (Lipinski definition) is 0. The molecule has 1 atom stereocenters. The molecule has 0 radical (unpaired) electrons. The summed E-state index contributed by atoms with van der Waals surface area (Å²) in [6, 6.07) is 13.2. The maximum absolute atomic E-state index is 12.5. The third-order valence-corrected chi connectivity index (χ3v) is 3.17. The zero-order chi connectivity index (χ0) is 15.5. The van der Waals surface area contributed by atoms with Crippen LogP contribution in [0.25, 0.3) is 0 Å². The van der Waals surface area contributed by atoms with E-state index in [1.54, 1.807) is 30.3 Å². The molecule has 0 saturated heterocycles. The Morgan fingerprint density at radius 2 is 1.48 bits per heavy atom. The predicted molar refractivity (Wildman–Crippen MR) is 71.6 cm³/mol. The first-order valence-corrected chi connectivity index (χ1v) is 6.22. The standard InChI is InChI=1S/C15H12F3NO2/c16-15(17,18)13-8-6-12(7-9-13)14(10-19(20)21)11-4-2-1-3-5-11/h1-9,14H,10H2. The van der Waals surface area contributed by atoms with Gasteiger partial charge in [-0.3, -0.25) is 10.1 Å². The Hall–Kier alpha value is -2.37.